The van der Waals surface area contributed by atoms with Gasteiger partial charge in [-0.25, -0.2) is 14.1 Å². The summed E-state index contributed by atoms with van der Waals surface area (Å²) < 4.78 is 42.4. The second-order valence-corrected chi connectivity index (χ2v) is 8.91. The van der Waals surface area contributed by atoms with E-state index in [0.717, 1.165) is 9.87 Å². The molecule has 0 spiro atoms. The average molecular weight is 438 g/mol. The highest BCUT2D eigenvalue weighted by atomic mass is 35.5. The summed E-state index contributed by atoms with van der Waals surface area (Å²) in [5.74, 6) is -0.730. The Bertz CT molecular complexity index is 1050. The van der Waals surface area contributed by atoms with Crippen molar-refractivity contribution >= 4 is 33.5 Å². The fourth-order valence-electron chi connectivity index (χ4n) is 2.94. The number of hydrogen-bond donors (Lipinski definition) is 1. The zero-order valence-electron chi connectivity index (χ0n) is 16.2. The highest BCUT2D eigenvalue weighted by Gasteiger charge is 2.34. The Kier molecular flexibility index (Phi) is 6.21. The van der Waals surface area contributed by atoms with Crippen molar-refractivity contribution < 1.29 is 12.8 Å². The first-order valence-electron chi connectivity index (χ1n) is 8.76. The van der Waals surface area contributed by atoms with Gasteiger partial charge in [-0.15, -0.1) is 0 Å². The molecule has 1 aliphatic rings. The molecule has 0 amide bonds. The van der Waals surface area contributed by atoms with Crippen LogP contribution >= 0.6 is 11.6 Å². The molecule has 3 rings (SSSR count). The van der Waals surface area contributed by atoms with Crippen LogP contribution < -0.4 is 4.72 Å². The molecule has 0 saturated carbocycles. The van der Waals surface area contributed by atoms with Crippen LogP contribution in [0.25, 0.3) is 0 Å². The molecule has 0 radical (unpaired) electrons. The molecule has 0 saturated heterocycles. The second kappa shape index (κ2) is 8.48. The average Bonchev–Trinajstić information content (AvgIpc) is 3.12. The van der Waals surface area contributed by atoms with E-state index in [1.807, 2.05) is 0 Å². The van der Waals surface area contributed by atoms with Crippen molar-refractivity contribution in [3.05, 3.63) is 70.5 Å². The van der Waals surface area contributed by atoms with Gasteiger partial charge in [0.25, 0.3) is 0 Å². The molecule has 1 unspecified atom stereocenters. The Morgan fingerprint density at radius 3 is 2.48 bits per heavy atom. The summed E-state index contributed by atoms with van der Waals surface area (Å²) in [6.07, 6.45) is 0. The summed E-state index contributed by atoms with van der Waals surface area (Å²) in [6, 6.07) is 13.5. The maximum absolute atomic E-state index is 14.5. The van der Waals surface area contributed by atoms with Gasteiger partial charge in [-0.2, -0.15) is 17.8 Å². The van der Waals surface area contributed by atoms with Crippen LogP contribution in [0.2, 0.25) is 5.02 Å². The topological polar surface area (TPSA) is 77.4 Å². The molecule has 10 heteroatoms. The van der Waals surface area contributed by atoms with E-state index in [0.29, 0.717) is 16.3 Å². The third-order valence-electron chi connectivity index (χ3n) is 4.49. The molecule has 1 atom stereocenters. The van der Waals surface area contributed by atoms with E-state index >= 15 is 0 Å². The minimum absolute atomic E-state index is 0.0454. The lowest BCUT2D eigenvalue weighted by atomic mass is 9.90. The largest absolute Gasteiger partial charge is 0.303 e. The number of rotatable bonds is 4. The summed E-state index contributed by atoms with van der Waals surface area (Å²) in [5, 5.41) is 6.57. The van der Waals surface area contributed by atoms with Gasteiger partial charge in [0.2, 0.25) is 5.96 Å². The minimum Gasteiger partial charge on any atom is -0.254 e. The van der Waals surface area contributed by atoms with Crippen molar-refractivity contribution in [3.63, 3.8) is 0 Å². The van der Waals surface area contributed by atoms with E-state index in [2.05, 4.69) is 14.8 Å². The van der Waals surface area contributed by atoms with Crippen molar-refractivity contribution in [2.24, 2.45) is 10.1 Å². The maximum Gasteiger partial charge on any atom is 0.303 e. The lowest BCUT2D eigenvalue weighted by Crippen LogP contribution is -2.45. The predicted molar refractivity (Wildman–Crippen MR) is 113 cm³/mol. The maximum atomic E-state index is 14.5. The molecule has 0 fully saturated rings. The third-order valence-corrected chi connectivity index (χ3v) is 6.15. The van der Waals surface area contributed by atoms with Crippen molar-refractivity contribution in [1.29, 1.82) is 0 Å². The first kappa shape index (κ1) is 21.2. The van der Waals surface area contributed by atoms with Gasteiger partial charge in [-0.1, -0.05) is 41.9 Å². The van der Waals surface area contributed by atoms with Gasteiger partial charge in [0.1, 0.15) is 5.82 Å². The van der Waals surface area contributed by atoms with Gasteiger partial charge in [0.05, 0.1) is 18.2 Å². The number of benzene rings is 2. The van der Waals surface area contributed by atoms with E-state index in [-0.39, 0.29) is 18.3 Å². The zero-order valence-corrected chi connectivity index (χ0v) is 17.7. The van der Waals surface area contributed by atoms with E-state index < -0.39 is 16.1 Å². The van der Waals surface area contributed by atoms with Crippen LogP contribution in [-0.2, 0) is 10.2 Å². The van der Waals surface area contributed by atoms with Crippen molar-refractivity contribution in [3.8, 4) is 0 Å². The molecule has 1 aliphatic heterocycles. The normalized spacial score (nSPS) is 17.6. The molecule has 7 nitrogen and oxygen atoms in total. The number of hydrogen-bond acceptors (Lipinski definition) is 4. The lowest BCUT2D eigenvalue weighted by molar-refractivity contribution is 0.452. The fraction of sp³-hybridized carbons (Fsp3) is 0.263. The second-order valence-electron chi connectivity index (χ2n) is 6.59. The quantitative estimate of drug-likeness (QED) is 0.590. The van der Waals surface area contributed by atoms with Crippen LogP contribution in [0.5, 0.6) is 0 Å². The monoisotopic (exact) mass is 437 g/mol. The molecule has 0 aliphatic carbocycles. The van der Waals surface area contributed by atoms with Gasteiger partial charge in [-0.3, -0.25) is 4.99 Å². The smallest absolute Gasteiger partial charge is 0.254 e. The third kappa shape index (κ3) is 4.58. The molecular weight excluding hydrogens is 417 g/mol. The summed E-state index contributed by atoms with van der Waals surface area (Å²) >= 11 is 5.99. The van der Waals surface area contributed by atoms with Crippen molar-refractivity contribution in [1.82, 2.24) is 14.0 Å². The van der Waals surface area contributed by atoms with E-state index in [4.69, 9.17) is 11.6 Å². The predicted octanol–water partition coefficient (Wildman–Crippen LogP) is 2.66. The van der Waals surface area contributed by atoms with Gasteiger partial charge in [-0.05, 0) is 29.3 Å². The van der Waals surface area contributed by atoms with Gasteiger partial charge >= 0.3 is 10.2 Å². The molecule has 154 valence electrons. The number of nitrogens with zero attached hydrogens (tertiary/aromatic N) is 4. The molecule has 2 aromatic carbocycles. The Morgan fingerprint density at radius 1 is 1.24 bits per heavy atom. The molecule has 2 aromatic rings. The van der Waals surface area contributed by atoms with Crippen LogP contribution in [-0.4, -0.2) is 57.1 Å². The molecule has 1 N–H and O–H groups in total. The number of nitrogens with one attached hydrogen (secondary N) is 1. The van der Waals surface area contributed by atoms with Crippen LogP contribution in [0.4, 0.5) is 4.39 Å². The van der Waals surface area contributed by atoms with Crippen LogP contribution in [0.3, 0.4) is 0 Å². The number of aliphatic imine (C=N–C) groups is 1. The van der Waals surface area contributed by atoms with Gasteiger partial charge in [0, 0.05) is 26.2 Å². The fourth-order valence-corrected chi connectivity index (χ4v) is 3.67. The van der Waals surface area contributed by atoms with Crippen molar-refractivity contribution in [2.45, 2.75) is 5.92 Å². The van der Waals surface area contributed by atoms with Crippen LogP contribution in [0.15, 0.2) is 58.6 Å². The standard InChI is InChI=1S/C19H21ClFN5O2S/c1-22-19(24-29(27,28)25(2)3)26-12-16(15-6-4-5-7-17(15)21)18(23-26)13-8-10-14(20)11-9-13/h4-11,16H,12H2,1-3H3,(H,22,24). The Morgan fingerprint density at radius 2 is 1.90 bits per heavy atom. The van der Waals surface area contributed by atoms with E-state index in [9.17, 15) is 12.8 Å². The first-order chi connectivity index (χ1) is 13.7. The Balaban J connectivity index is 2.02. The van der Waals surface area contributed by atoms with E-state index in [1.54, 1.807) is 42.5 Å². The highest BCUT2D eigenvalue weighted by Crippen LogP contribution is 2.31. The lowest BCUT2D eigenvalue weighted by Gasteiger charge is -2.21. The van der Waals surface area contributed by atoms with Gasteiger partial charge < -0.3 is 0 Å². The Hall–Kier alpha value is -2.49. The number of hydrazone groups is 1. The van der Waals surface area contributed by atoms with Crippen LogP contribution in [0.1, 0.15) is 17.0 Å². The first-order valence-corrected chi connectivity index (χ1v) is 10.6. The van der Waals surface area contributed by atoms with Crippen LogP contribution in [0, 0.1) is 5.82 Å². The molecule has 0 aromatic heterocycles. The Labute approximate surface area is 174 Å². The van der Waals surface area contributed by atoms with E-state index in [1.165, 1.54) is 32.2 Å². The number of guanidine groups is 1. The summed E-state index contributed by atoms with van der Waals surface area (Å²) in [6.45, 7) is 0.224. The molecular formula is C19H21ClFN5O2S. The molecule has 29 heavy (non-hydrogen) atoms. The minimum atomic E-state index is -3.77. The van der Waals surface area contributed by atoms with Gasteiger partial charge in [0.15, 0.2) is 0 Å². The van der Waals surface area contributed by atoms with Crippen molar-refractivity contribution in [2.75, 3.05) is 27.7 Å². The molecule has 0 bridgehead atoms. The SMILES string of the molecule is CN=C(NS(=O)(=O)N(C)C)N1CC(c2ccccc2F)C(c2ccc(Cl)cc2)=N1. The molecule has 1 heterocycles. The summed E-state index contributed by atoms with van der Waals surface area (Å²) in [4.78, 5) is 4.03. The number of halogens is 2. The zero-order chi connectivity index (χ0) is 21.2. The highest BCUT2D eigenvalue weighted by molar-refractivity contribution is 7.87. The summed E-state index contributed by atoms with van der Waals surface area (Å²) in [5.41, 5.74) is 1.82. The summed E-state index contributed by atoms with van der Waals surface area (Å²) in [7, 11) is 0.499.